The molecule has 1 heterocycles. The number of nitrogens with two attached hydrogens (primary N) is 1. The summed E-state index contributed by atoms with van der Waals surface area (Å²) >= 11 is 0. The highest BCUT2D eigenvalue weighted by Gasteiger charge is 2.20. The number of nitrogens with zero attached hydrogens (tertiary/aromatic N) is 3. The van der Waals surface area contributed by atoms with Gasteiger partial charge in [0.15, 0.2) is 0 Å². The fraction of sp³-hybridized carbons (Fsp3) is 0.312. The molecule has 0 atom stereocenters. The van der Waals surface area contributed by atoms with Gasteiger partial charge in [0.2, 0.25) is 5.95 Å². The summed E-state index contributed by atoms with van der Waals surface area (Å²) in [7, 11) is 3.44. The van der Waals surface area contributed by atoms with Gasteiger partial charge in [0.25, 0.3) is 5.91 Å². The van der Waals surface area contributed by atoms with Gasteiger partial charge < -0.3 is 10.6 Å². The number of benzene rings is 1. The van der Waals surface area contributed by atoms with E-state index in [-0.39, 0.29) is 11.9 Å². The van der Waals surface area contributed by atoms with Gasteiger partial charge in [0, 0.05) is 20.5 Å². The number of rotatable bonds is 3. The number of carbonyl (C=O) groups is 1. The molecule has 1 aromatic heterocycles. The summed E-state index contributed by atoms with van der Waals surface area (Å²) in [6.45, 7) is 3.83. The maximum Gasteiger partial charge on any atom is 0.257 e. The summed E-state index contributed by atoms with van der Waals surface area (Å²) in [4.78, 5) is 22.3. The summed E-state index contributed by atoms with van der Waals surface area (Å²) in [5.74, 6) is 0.0995. The first-order valence-corrected chi connectivity index (χ1v) is 6.79. The first kappa shape index (κ1) is 15.0. The summed E-state index contributed by atoms with van der Waals surface area (Å²) in [6.07, 6.45) is 0.565. The molecule has 0 radical (unpaired) electrons. The van der Waals surface area contributed by atoms with Crippen LogP contribution in [0.1, 0.15) is 32.9 Å². The molecule has 5 heteroatoms. The molecular formula is C16H20N4O. The lowest BCUT2D eigenvalue weighted by Crippen LogP contribution is -2.25. The number of aromatic nitrogens is 2. The number of anilines is 1. The van der Waals surface area contributed by atoms with Crippen molar-refractivity contribution >= 4 is 11.9 Å². The molecule has 2 rings (SSSR count). The first-order chi connectivity index (χ1) is 9.90. The minimum Gasteiger partial charge on any atom is -0.368 e. The number of hydrogen-bond acceptors (Lipinski definition) is 4. The third-order valence-corrected chi connectivity index (χ3v) is 3.42. The highest BCUT2D eigenvalue weighted by molar-refractivity contribution is 5.96. The van der Waals surface area contributed by atoms with Crippen molar-refractivity contribution in [3.8, 4) is 0 Å². The van der Waals surface area contributed by atoms with E-state index in [9.17, 15) is 4.79 Å². The Morgan fingerprint density at radius 3 is 2.48 bits per heavy atom. The molecule has 2 N–H and O–H groups in total. The maximum atomic E-state index is 12.4. The van der Waals surface area contributed by atoms with E-state index < -0.39 is 0 Å². The molecule has 21 heavy (non-hydrogen) atoms. The molecule has 1 aromatic carbocycles. The highest BCUT2D eigenvalue weighted by Crippen LogP contribution is 2.19. The third kappa shape index (κ3) is 3.18. The molecule has 0 aliphatic heterocycles. The zero-order valence-electron chi connectivity index (χ0n) is 12.8. The van der Waals surface area contributed by atoms with Crippen molar-refractivity contribution in [1.29, 1.82) is 0 Å². The van der Waals surface area contributed by atoms with Crippen LogP contribution < -0.4 is 5.73 Å². The Kier molecular flexibility index (Phi) is 4.21. The average Bonchev–Trinajstić information content (AvgIpc) is 2.40. The summed E-state index contributed by atoms with van der Waals surface area (Å²) in [6, 6.07) is 8.05. The predicted molar refractivity (Wildman–Crippen MR) is 83.2 cm³/mol. The minimum absolute atomic E-state index is 0.101. The quantitative estimate of drug-likeness (QED) is 0.935. The Morgan fingerprint density at radius 1 is 1.19 bits per heavy atom. The monoisotopic (exact) mass is 284 g/mol. The van der Waals surface area contributed by atoms with Crippen LogP contribution in [0.25, 0.3) is 0 Å². The van der Waals surface area contributed by atoms with Crippen LogP contribution in [-0.4, -0.2) is 34.9 Å². The van der Waals surface area contributed by atoms with E-state index in [0.717, 1.165) is 11.1 Å². The fourth-order valence-corrected chi connectivity index (χ4v) is 2.27. The Morgan fingerprint density at radius 2 is 1.86 bits per heavy atom. The van der Waals surface area contributed by atoms with Gasteiger partial charge in [-0.15, -0.1) is 0 Å². The topological polar surface area (TPSA) is 72.1 Å². The van der Waals surface area contributed by atoms with Gasteiger partial charge >= 0.3 is 0 Å². The predicted octanol–water partition coefficient (Wildman–Crippen LogP) is 1.97. The largest absolute Gasteiger partial charge is 0.368 e. The number of hydrogen-bond donors (Lipinski definition) is 1. The van der Waals surface area contributed by atoms with Gasteiger partial charge in [-0.05, 0) is 25.0 Å². The minimum atomic E-state index is -0.101. The average molecular weight is 284 g/mol. The third-order valence-electron chi connectivity index (χ3n) is 3.42. The van der Waals surface area contributed by atoms with Crippen molar-refractivity contribution in [2.75, 3.05) is 19.8 Å². The molecule has 0 saturated carbocycles. The molecular weight excluding hydrogens is 264 g/mol. The molecule has 5 nitrogen and oxygen atoms in total. The molecule has 0 spiro atoms. The second kappa shape index (κ2) is 5.91. The second-order valence-corrected chi connectivity index (χ2v) is 5.29. The van der Waals surface area contributed by atoms with Crippen molar-refractivity contribution in [2.24, 2.45) is 0 Å². The zero-order chi connectivity index (χ0) is 15.6. The Balaban J connectivity index is 2.52. The number of aryl methyl sites for hydroxylation is 2. The molecule has 0 aliphatic carbocycles. The van der Waals surface area contributed by atoms with Gasteiger partial charge in [-0.3, -0.25) is 4.79 Å². The maximum absolute atomic E-state index is 12.4. The number of amides is 1. The van der Waals surface area contributed by atoms with Gasteiger partial charge in [-0.25, -0.2) is 9.97 Å². The lowest BCUT2D eigenvalue weighted by molar-refractivity contribution is 0.0825. The van der Waals surface area contributed by atoms with E-state index in [0.29, 0.717) is 23.4 Å². The normalized spacial score (nSPS) is 10.5. The van der Waals surface area contributed by atoms with E-state index in [1.54, 1.807) is 21.0 Å². The van der Waals surface area contributed by atoms with Gasteiger partial charge in [-0.2, -0.15) is 0 Å². The molecule has 110 valence electrons. The molecule has 2 aromatic rings. The van der Waals surface area contributed by atoms with Gasteiger partial charge in [-0.1, -0.05) is 24.3 Å². The summed E-state index contributed by atoms with van der Waals surface area (Å²) in [5, 5.41) is 0. The van der Waals surface area contributed by atoms with Crippen molar-refractivity contribution in [3.05, 3.63) is 52.3 Å². The van der Waals surface area contributed by atoms with Crippen LogP contribution in [-0.2, 0) is 6.42 Å². The molecule has 1 amide bonds. The van der Waals surface area contributed by atoms with Crippen LogP contribution in [0.4, 0.5) is 5.95 Å². The second-order valence-electron chi connectivity index (χ2n) is 5.29. The highest BCUT2D eigenvalue weighted by atomic mass is 16.2. The Hall–Kier alpha value is -2.43. The van der Waals surface area contributed by atoms with Crippen molar-refractivity contribution in [2.45, 2.75) is 20.3 Å². The molecule has 0 fully saturated rings. The van der Waals surface area contributed by atoms with Crippen LogP contribution in [0.2, 0.25) is 0 Å². The van der Waals surface area contributed by atoms with Crippen LogP contribution in [0.15, 0.2) is 24.3 Å². The van der Waals surface area contributed by atoms with E-state index in [1.165, 1.54) is 4.90 Å². The van der Waals surface area contributed by atoms with Crippen LogP contribution in [0.5, 0.6) is 0 Å². The number of carbonyl (C=O) groups excluding carboxylic acids is 1. The van der Waals surface area contributed by atoms with E-state index in [4.69, 9.17) is 5.73 Å². The molecule has 0 bridgehead atoms. The number of nitrogen functional groups attached to an aromatic ring is 1. The molecule has 0 saturated heterocycles. The lowest BCUT2D eigenvalue weighted by Gasteiger charge is -2.16. The Labute approximate surface area is 124 Å². The van der Waals surface area contributed by atoms with Crippen LogP contribution in [0.3, 0.4) is 0 Å². The molecule has 0 unspecified atom stereocenters. The standard InChI is InChI=1S/C16H20N4O/c1-10-7-5-6-8-12(10)9-13-14(15(21)20(3)4)11(2)18-16(17)19-13/h5-8H,9H2,1-4H3,(H2,17,18,19). The van der Waals surface area contributed by atoms with Crippen LogP contribution >= 0.6 is 0 Å². The summed E-state index contributed by atoms with van der Waals surface area (Å²) < 4.78 is 0. The van der Waals surface area contributed by atoms with E-state index in [1.807, 2.05) is 31.2 Å². The lowest BCUT2D eigenvalue weighted by atomic mass is 10.00. The fourth-order valence-electron chi connectivity index (χ4n) is 2.27. The van der Waals surface area contributed by atoms with E-state index in [2.05, 4.69) is 9.97 Å². The molecule has 0 aliphatic rings. The van der Waals surface area contributed by atoms with Crippen LogP contribution in [0, 0.1) is 13.8 Å². The van der Waals surface area contributed by atoms with Crippen molar-refractivity contribution in [1.82, 2.24) is 14.9 Å². The smallest absolute Gasteiger partial charge is 0.257 e. The first-order valence-electron chi connectivity index (χ1n) is 6.79. The summed E-state index contributed by atoms with van der Waals surface area (Å²) in [5.41, 5.74) is 9.87. The zero-order valence-corrected chi connectivity index (χ0v) is 12.8. The van der Waals surface area contributed by atoms with Gasteiger partial charge in [0.1, 0.15) is 0 Å². The van der Waals surface area contributed by atoms with E-state index >= 15 is 0 Å². The van der Waals surface area contributed by atoms with Crippen molar-refractivity contribution in [3.63, 3.8) is 0 Å². The SMILES string of the molecule is Cc1ccccc1Cc1nc(N)nc(C)c1C(=O)N(C)C. The van der Waals surface area contributed by atoms with Gasteiger partial charge in [0.05, 0.1) is 17.0 Å². The Bertz CT molecular complexity index is 680. The van der Waals surface area contributed by atoms with Crippen molar-refractivity contribution < 1.29 is 4.79 Å².